The Morgan fingerprint density at radius 3 is 2.77 bits per heavy atom. The fourth-order valence-electron chi connectivity index (χ4n) is 3.73. The number of nitrogens with zero attached hydrogens (tertiary/aromatic N) is 3. The predicted molar refractivity (Wildman–Crippen MR) is 115 cm³/mol. The lowest BCUT2D eigenvalue weighted by Gasteiger charge is -2.20. The lowest BCUT2D eigenvalue weighted by molar-refractivity contribution is 0.0832. The summed E-state index contributed by atoms with van der Waals surface area (Å²) in [4.78, 5) is 14.8. The minimum Gasteiger partial charge on any atom is -0.494 e. The molecule has 1 fully saturated rings. The number of carbonyl (C=O) groups excluding carboxylic acids is 1. The average molecular weight is 416 g/mol. The van der Waals surface area contributed by atoms with Gasteiger partial charge in [0.05, 0.1) is 37.3 Å². The van der Waals surface area contributed by atoms with Crippen molar-refractivity contribution in [3.05, 3.63) is 42.2 Å². The number of benzene rings is 1. The van der Waals surface area contributed by atoms with Crippen LogP contribution < -0.4 is 4.74 Å². The highest BCUT2D eigenvalue weighted by molar-refractivity contribution is 5.95. The molecule has 1 N–H and O–H groups in total. The molecular formula is C23H33N3O4. The van der Waals surface area contributed by atoms with Gasteiger partial charge in [-0.15, -0.1) is 0 Å². The van der Waals surface area contributed by atoms with Gasteiger partial charge in [0.15, 0.2) is 5.78 Å². The lowest BCUT2D eigenvalue weighted by atomic mass is 10.1. The maximum atomic E-state index is 12.3. The van der Waals surface area contributed by atoms with Crippen LogP contribution in [0.5, 0.6) is 5.75 Å². The fourth-order valence-corrected chi connectivity index (χ4v) is 3.73. The summed E-state index contributed by atoms with van der Waals surface area (Å²) in [5.74, 6) is 0.890. The topological polar surface area (TPSA) is 76.8 Å². The summed E-state index contributed by atoms with van der Waals surface area (Å²) in [6.07, 6.45) is 8.03. The normalized spacial score (nSPS) is 16.8. The van der Waals surface area contributed by atoms with Gasteiger partial charge in [0.25, 0.3) is 0 Å². The number of aromatic nitrogens is 2. The number of aliphatic hydroxyl groups is 1. The van der Waals surface area contributed by atoms with Crippen molar-refractivity contribution in [1.29, 1.82) is 0 Å². The molecule has 7 heteroatoms. The standard InChI is InChI=1S/C23H33N3O4/c1-19-5-2-11-25(19)12-4-15-30-22-9-7-21(8-10-22)26-18-20(17-24-26)23(28)6-3-14-29-16-13-27/h7-10,17-19,27H,2-6,11-16H2,1H3/t19-/m1/s1. The molecule has 0 unspecified atom stereocenters. The first-order valence-electron chi connectivity index (χ1n) is 10.9. The largest absolute Gasteiger partial charge is 0.494 e. The van der Waals surface area contributed by atoms with Gasteiger partial charge in [-0.25, -0.2) is 4.68 Å². The van der Waals surface area contributed by atoms with Crippen LogP contribution in [0.1, 0.15) is 49.4 Å². The minimum atomic E-state index is 0.00241. The molecule has 1 atom stereocenters. The van der Waals surface area contributed by atoms with Crippen LogP contribution in [0.3, 0.4) is 0 Å². The molecule has 3 rings (SSSR count). The summed E-state index contributed by atoms with van der Waals surface area (Å²) >= 11 is 0. The molecule has 0 amide bonds. The van der Waals surface area contributed by atoms with Crippen molar-refractivity contribution < 1.29 is 19.4 Å². The third-order valence-corrected chi connectivity index (χ3v) is 5.48. The van der Waals surface area contributed by atoms with E-state index < -0.39 is 0 Å². The Kier molecular flexibility index (Phi) is 8.86. The number of likely N-dealkylation sites (tertiary alicyclic amines) is 1. The number of ether oxygens (including phenoxy) is 2. The van der Waals surface area contributed by atoms with Gasteiger partial charge in [-0.1, -0.05) is 0 Å². The maximum Gasteiger partial charge on any atom is 0.166 e. The van der Waals surface area contributed by atoms with Crippen molar-refractivity contribution >= 4 is 5.78 Å². The zero-order valence-electron chi connectivity index (χ0n) is 17.8. The van der Waals surface area contributed by atoms with E-state index in [4.69, 9.17) is 14.6 Å². The van der Waals surface area contributed by atoms with E-state index in [1.54, 1.807) is 17.1 Å². The third kappa shape index (κ3) is 6.65. The molecule has 164 valence electrons. The molecule has 0 saturated carbocycles. The Hall–Kier alpha value is -2.22. The summed E-state index contributed by atoms with van der Waals surface area (Å²) in [6, 6.07) is 8.48. The SMILES string of the molecule is C[C@@H]1CCCN1CCCOc1ccc(-n2cc(C(=O)CCCOCCO)cn2)cc1. The Morgan fingerprint density at radius 1 is 1.20 bits per heavy atom. The summed E-state index contributed by atoms with van der Waals surface area (Å²) < 4.78 is 12.8. The summed E-state index contributed by atoms with van der Waals surface area (Å²) in [6.45, 7) is 6.10. The number of Topliss-reactive ketones (excluding diaryl/α,β-unsaturated/α-hetero) is 1. The van der Waals surface area contributed by atoms with Gasteiger partial charge in [-0.05, 0) is 63.4 Å². The number of hydrogen-bond acceptors (Lipinski definition) is 6. The molecule has 30 heavy (non-hydrogen) atoms. The molecule has 2 heterocycles. The predicted octanol–water partition coefficient (Wildman–Crippen LogP) is 3.10. The number of hydrogen-bond donors (Lipinski definition) is 1. The first-order chi connectivity index (χ1) is 14.7. The molecule has 7 nitrogen and oxygen atoms in total. The van der Waals surface area contributed by atoms with E-state index >= 15 is 0 Å². The second-order valence-corrected chi connectivity index (χ2v) is 7.76. The highest BCUT2D eigenvalue weighted by atomic mass is 16.5. The van der Waals surface area contributed by atoms with Crippen molar-refractivity contribution in [3.63, 3.8) is 0 Å². The van der Waals surface area contributed by atoms with Gasteiger partial charge in [0.1, 0.15) is 5.75 Å². The first kappa shape index (κ1) is 22.5. The molecule has 0 aliphatic carbocycles. The van der Waals surface area contributed by atoms with Crippen LogP contribution in [-0.2, 0) is 4.74 Å². The van der Waals surface area contributed by atoms with E-state index in [9.17, 15) is 4.79 Å². The molecule has 0 radical (unpaired) electrons. The van der Waals surface area contributed by atoms with Crippen LogP contribution in [0.25, 0.3) is 5.69 Å². The number of aliphatic hydroxyl groups excluding tert-OH is 1. The van der Waals surface area contributed by atoms with Crippen LogP contribution in [0.2, 0.25) is 0 Å². The second-order valence-electron chi connectivity index (χ2n) is 7.76. The Bertz CT molecular complexity index is 775. The van der Waals surface area contributed by atoms with E-state index in [-0.39, 0.29) is 12.4 Å². The highest BCUT2D eigenvalue weighted by Gasteiger charge is 2.19. The first-order valence-corrected chi connectivity index (χ1v) is 10.9. The van der Waals surface area contributed by atoms with Crippen molar-refractivity contribution in [2.45, 2.75) is 45.1 Å². The second kappa shape index (κ2) is 11.8. The van der Waals surface area contributed by atoms with Crippen molar-refractivity contribution in [1.82, 2.24) is 14.7 Å². The van der Waals surface area contributed by atoms with E-state index in [0.717, 1.165) is 24.4 Å². The average Bonchev–Trinajstić information content (AvgIpc) is 3.41. The van der Waals surface area contributed by atoms with Crippen LogP contribution >= 0.6 is 0 Å². The number of rotatable bonds is 13. The van der Waals surface area contributed by atoms with Crippen molar-refractivity contribution in [2.75, 3.05) is 39.5 Å². The number of ketones is 1. The Labute approximate surface area is 178 Å². The Balaban J connectivity index is 1.41. The summed E-state index contributed by atoms with van der Waals surface area (Å²) in [5.41, 5.74) is 1.48. The highest BCUT2D eigenvalue weighted by Crippen LogP contribution is 2.18. The summed E-state index contributed by atoms with van der Waals surface area (Å²) in [7, 11) is 0. The zero-order chi connectivity index (χ0) is 21.2. The van der Waals surface area contributed by atoms with Gasteiger partial charge in [0.2, 0.25) is 0 Å². The van der Waals surface area contributed by atoms with Gasteiger partial charge in [-0.2, -0.15) is 5.10 Å². The van der Waals surface area contributed by atoms with Crippen LogP contribution in [0, 0.1) is 0 Å². The van der Waals surface area contributed by atoms with E-state index in [0.29, 0.717) is 44.3 Å². The van der Waals surface area contributed by atoms with E-state index in [1.807, 2.05) is 24.3 Å². The molecule has 2 aromatic rings. The fraction of sp³-hybridized carbons (Fsp3) is 0.565. The minimum absolute atomic E-state index is 0.00241. The van der Waals surface area contributed by atoms with Crippen molar-refractivity contribution in [2.24, 2.45) is 0 Å². The molecule has 1 aliphatic heterocycles. The molecule has 1 aromatic heterocycles. The molecule has 1 aliphatic rings. The van der Waals surface area contributed by atoms with Crippen LogP contribution in [-0.4, -0.2) is 71.1 Å². The number of carbonyl (C=O) groups is 1. The smallest absolute Gasteiger partial charge is 0.166 e. The molecule has 0 bridgehead atoms. The monoisotopic (exact) mass is 415 g/mol. The zero-order valence-corrected chi connectivity index (χ0v) is 17.8. The third-order valence-electron chi connectivity index (χ3n) is 5.48. The van der Waals surface area contributed by atoms with Gasteiger partial charge < -0.3 is 19.5 Å². The van der Waals surface area contributed by atoms with Gasteiger partial charge >= 0.3 is 0 Å². The van der Waals surface area contributed by atoms with Crippen LogP contribution in [0.4, 0.5) is 0 Å². The Morgan fingerprint density at radius 2 is 2.03 bits per heavy atom. The van der Waals surface area contributed by atoms with E-state index in [2.05, 4.69) is 16.9 Å². The summed E-state index contributed by atoms with van der Waals surface area (Å²) in [5, 5.41) is 13.0. The maximum absolute atomic E-state index is 12.3. The van der Waals surface area contributed by atoms with Crippen LogP contribution in [0.15, 0.2) is 36.7 Å². The molecular weight excluding hydrogens is 382 g/mol. The molecule has 0 spiro atoms. The van der Waals surface area contributed by atoms with Crippen molar-refractivity contribution in [3.8, 4) is 11.4 Å². The molecule has 1 saturated heterocycles. The van der Waals surface area contributed by atoms with E-state index in [1.165, 1.54) is 19.4 Å². The lowest BCUT2D eigenvalue weighted by Crippen LogP contribution is -2.28. The van der Waals surface area contributed by atoms with Gasteiger partial charge in [-0.3, -0.25) is 4.79 Å². The quantitative estimate of drug-likeness (QED) is 0.400. The van der Waals surface area contributed by atoms with Gasteiger partial charge in [0, 0.05) is 31.8 Å². The molecule has 1 aromatic carbocycles.